The van der Waals surface area contributed by atoms with E-state index in [0.717, 1.165) is 19.3 Å². The summed E-state index contributed by atoms with van der Waals surface area (Å²) in [6.07, 6.45) is 2.94. The zero-order chi connectivity index (χ0) is 14.8. The molecule has 112 valence electrons. The van der Waals surface area contributed by atoms with Crippen LogP contribution in [0.3, 0.4) is 0 Å². The van der Waals surface area contributed by atoms with Gasteiger partial charge in [0.15, 0.2) is 0 Å². The molecule has 0 aliphatic carbocycles. The van der Waals surface area contributed by atoms with Gasteiger partial charge in [0.05, 0.1) is 4.90 Å². The SMILES string of the molecule is CCC1(C)CCN(S(=O)(=O)c2ccc(NN)cc2)CC1. The second kappa shape index (κ2) is 5.71. The number of nitrogens with zero attached hydrogens (tertiary/aromatic N) is 1. The fourth-order valence-corrected chi connectivity index (χ4v) is 3.93. The van der Waals surface area contributed by atoms with Gasteiger partial charge >= 0.3 is 0 Å². The van der Waals surface area contributed by atoms with Gasteiger partial charge in [-0.15, -0.1) is 0 Å². The molecule has 1 aliphatic rings. The Bertz CT molecular complexity index is 546. The Morgan fingerprint density at radius 2 is 1.80 bits per heavy atom. The predicted molar refractivity (Wildman–Crippen MR) is 80.6 cm³/mol. The lowest BCUT2D eigenvalue weighted by atomic mass is 9.79. The zero-order valence-corrected chi connectivity index (χ0v) is 12.9. The highest BCUT2D eigenvalue weighted by Gasteiger charge is 2.34. The fraction of sp³-hybridized carbons (Fsp3) is 0.571. The molecule has 0 saturated carbocycles. The first-order chi connectivity index (χ1) is 9.41. The highest BCUT2D eigenvalue weighted by molar-refractivity contribution is 7.89. The van der Waals surface area contributed by atoms with Gasteiger partial charge in [-0.25, -0.2) is 8.42 Å². The van der Waals surface area contributed by atoms with Crippen molar-refractivity contribution in [1.82, 2.24) is 4.31 Å². The smallest absolute Gasteiger partial charge is 0.243 e. The number of sulfonamides is 1. The lowest BCUT2D eigenvalue weighted by molar-refractivity contribution is 0.169. The molecule has 6 heteroatoms. The number of nitrogens with one attached hydrogen (secondary N) is 1. The molecule has 1 aliphatic heterocycles. The van der Waals surface area contributed by atoms with Crippen molar-refractivity contribution in [2.24, 2.45) is 11.3 Å². The van der Waals surface area contributed by atoms with Crippen molar-refractivity contribution in [3.05, 3.63) is 24.3 Å². The van der Waals surface area contributed by atoms with E-state index < -0.39 is 10.0 Å². The largest absolute Gasteiger partial charge is 0.324 e. The molecule has 1 heterocycles. The van der Waals surface area contributed by atoms with Gasteiger partial charge in [0.1, 0.15) is 0 Å². The lowest BCUT2D eigenvalue weighted by Crippen LogP contribution is -2.41. The Labute approximate surface area is 121 Å². The molecule has 20 heavy (non-hydrogen) atoms. The average Bonchev–Trinajstić information content (AvgIpc) is 2.48. The van der Waals surface area contributed by atoms with E-state index in [-0.39, 0.29) is 5.41 Å². The summed E-state index contributed by atoms with van der Waals surface area (Å²) in [6.45, 7) is 5.61. The number of hydrazine groups is 1. The molecular weight excluding hydrogens is 274 g/mol. The van der Waals surface area contributed by atoms with Crippen LogP contribution in [0.25, 0.3) is 0 Å². The number of benzene rings is 1. The average molecular weight is 297 g/mol. The number of nitrogens with two attached hydrogens (primary N) is 1. The van der Waals surface area contributed by atoms with Crippen molar-refractivity contribution in [2.45, 2.75) is 38.0 Å². The minimum absolute atomic E-state index is 0.277. The number of hydrogen-bond donors (Lipinski definition) is 2. The summed E-state index contributed by atoms with van der Waals surface area (Å²) in [4.78, 5) is 0.330. The maximum atomic E-state index is 12.6. The van der Waals surface area contributed by atoms with Crippen LogP contribution in [0.1, 0.15) is 33.1 Å². The normalized spacial score (nSPS) is 19.8. The van der Waals surface area contributed by atoms with Crippen LogP contribution in [-0.2, 0) is 10.0 Å². The standard InChI is InChI=1S/C14H23N3O2S/c1-3-14(2)8-10-17(11-9-14)20(18,19)13-6-4-12(16-15)5-7-13/h4-7,16H,3,8-11,15H2,1-2H3. The van der Waals surface area contributed by atoms with Crippen LogP contribution in [0.15, 0.2) is 29.2 Å². The second-order valence-corrected chi connectivity index (χ2v) is 7.67. The van der Waals surface area contributed by atoms with E-state index in [2.05, 4.69) is 19.3 Å². The molecule has 0 unspecified atom stereocenters. The Morgan fingerprint density at radius 3 is 2.25 bits per heavy atom. The van der Waals surface area contributed by atoms with E-state index in [0.29, 0.717) is 23.7 Å². The van der Waals surface area contributed by atoms with Crippen molar-refractivity contribution in [1.29, 1.82) is 0 Å². The quantitative estimate of drug-likeness (QED) is 0.660. The fourth-order valence-electron chi connectivity index (χ4n) is 2.49. The molecule has 5 nitrogen and oxygen atoms in total. The summed E-state index contributed by atoms with van der Waals surface area (Å²) < 4.78 is 26.7. The minimum Gasteiger partial charge on any atom is -0.324 e. The molecule has 0 atom stereocenters. The topological polar surface area (TPSA) is 75.4 Å². The van der Waals surface area contributed by atoms with Crippen LogP contribution in [-0.4, -0.2) is 25.8 Å². The molecule has 3 N–H and O–H groups in total. The van der Waals surface area contributed by atoms with Crippen molar-refractivity contribution in [2.75, 3.05) is 18.5 Å². The van der Waals surface area contributed by atoms with Crippen LogP contribution in [0.2, 0.25) is 0 Å². The first kappa shape index (κ1) is 15.3. The van der Waals surface area contributed by atoms with Crippen molar-refractivity contribution in [3.63, 3.8) is 0 Å². The molecule has 0 amide bonds. The zero-order valence-electron chi connectivity index (χ0n) is 12.1. The molecule has 1 fully saturated rings. The molecule has 1 saturated heterocycles. The van der Waals surface area contributed by atoms with Crippen molar-refractivity contribution in [3.8, 4) is 0 Å². The number of rotatable bonds is 4. The molecule has 1 aromatic carbocycles. The number of piperidine rings is 1. The van der Waals surface area contributed by atoms with E-state index in [4.69, 9.17) is 5.84 Å². The third-order valence-electron chi connectivity index (χ3n) is 4.44. The first-order valence-corrected chi connectivity index (χ1v) is 8.42. The van der Waals surface area contributed by atoms with Crippen LogP contribution in [0.4, 0.5) is 5.69 Å². The summed E-state index contributed by atoms with van der Waals surface area (Å²) in [6, 6.07) is 6.54. The second-order valence-electron chi connectivity index (χ2n) is 5.74. The minimum atomic E-state index is -3.38. The van der Waals surface area contributed by atoms with Crippen LogP contribution in [0, 0.1) is 5.41 Å². The molecule has 0 spiro atoms. The Hall–Kier alpha value is -1.11. The third-order valence-corrected chi connectivity index (χ3v) is 6.35. The number of hydrogen-bond acceptors (Lipinski definition) is 4. The maximum Gasteiger partial charge on any atom is 0.243 e. The maximum absolute atomic E-state index is 12.6. The summed E-state index contributed by atoms with van der Waals surface area (Å²) in [5.74, 6) is 5.29. The van der Waals surface area contributed by atoms with Crippen LogP contribution >= 0.6 is 0 Å². The van der Waals surface area contributed by atoms with Gasteiger partial charge in [-0.1, -0.05) is 20.3 Å². The van der Waals surface area contributed by atoms with E-state index in [9.17, 15) is 8.42 Å². The van der Waals surface area contributed by atoms with E-state index in [1.165, 1.54) is 0 Å². The molecule has 2 rings (SSSR count). The van der Waals surface area contributed by atoms with Gasteiger partial charge in [0.2, 0.25) is 10.0 Å². The van der Waals surface area contributed by atoms with E-state index in [1.807, 2.05) is 0 Å². The third kappa shape index (κ3) is 2.97. The van der Waals surface area contributed by atoms with Gasteiger partial charge in [-0.3, -0.25) is 5.84 Å². The van der Waals surface area contributed by atoms with Gasteiger partial charge < -0.3 is 5.43 Å². The Kier molecular flexibility index (Phi) is 4.36. The summed E-state index contributed by atoms with van der Waals surface area (Å²) in [5.41, 5.74) is 3.47. The first-order valence-electron chi connectivity index (χ1n) is 6.98. The van der Waals surface area contributed by atoms with E-state index >= 15 is 0 Å². The molecule has 0 aromatic heterocycles. The highest BCUT2D eigenvalue weighted by atomic mass is 32.2. The van der Waals surface area contributed by atoms with Gasteiger partial charge in [-0.2, -0.15) is 4.31 Å². The summed E-state index contributed by atoms with van der Waals surface area (Å²) >= 11 is 0. The molecule has 0 bridgehead atoms. The number of anilines is 1. The van der Waals surface area contributed by atoms with Gasteiger partial charge in [0, 0.05) is 18.8 Å². The predicted octanol–water partition coefficient (Wildman–Crippen LogP) is 2.17. The van der Waals surface area contributed by atoms with Crippen molar-refractivity contribution >= 4 is 15.7 Å². The molecular formula is C14H23N3O2S. The summed E-state index contributed by atoms with van der Waals surface area (Å²) in [7, 11) is -3.38. The monoisotopic (exact) mass is 297 g/mol. The van der Waals surface area contributed by atoms with Gasteiger partial charge in [0.25, 0.3) is 0 Å². The Morgan fingerprint density at radius 1 is 1.25 bits per heavy atom. The molecule has 1 aromatic rings. The van der Waals surface area contributed by atoms with E-state index in [1.54, 1.807) is 28.6 Å². The molecule has 0 radical (unpaired) electrons. The van der Waals surface area contributed by atoms with Gasteiger partial charge in [-0.05, 0) is 42.5 Å². The lowest BCUT2D eigenvalue weighted by Gasteiger charge is -2.38. The van der Waals surface area contributed by atoms with Crippen LogP contribution < -0.4 is 11.3 Å². The van der Waals surface area contributed by atoms with Crippen LogP contribution in [0.5, 0.6) is 0 Å². The number of nitrogen functional groups attached to an aromatic ring is 1. The highest BCUT2D eigenvalue weighted by Crippen LogP contribution is 2.35. The Balaban J connectivity index is 2.15. The summed E-state index contributed by atoms with van der Waals surface area (Å²) in [5, 5.41) is 0. The van der Waals surface area contributed by atoms with Crippen molar-refractivity contribution < 1.29 is 8.42 Å².